The minimum atomic E-state index is -0.285. The second kappa shape index (κ2) is 9.81. The third kappa shape index (κ3) is 5.35. The largest absolute Gasteiger partial charge is 0.507 e. The molecule has 4 aromatic carbocycles. The number of benzene rings is 4. The molecular formula is C34H33FN2O2. The number of aromatic nitrogens is 1. The summed E-state index contributed by atoms with van der Waals surface area (Å²) in [6, 6.07) is 23.8. The smallest absolute Gasteiger partial charge is 0.229 e. The van der Waals surface area contributed by atoms with Crippen LogP contribution in [0.2, 0.25) is 0 Å². The molecule has 0 saturated carbocycles. The number of aliphatic imine (C=N–C) groups is 1. The van der Waals surface area contributed by atoms with Crippen LogP contribution in [0.15, 0.2) is 88.3 Å². The van der Waals surface area contributed by atoms with Crippen molar-refractivity contribution in [3.05, 3.63) is 101 Å². The molecule has 0 amide bonds. The van der Waals surface area contributed by atoms with Crippen LogP contribution in [0.4, 0.5) is 10.1 Å². The van der Waals surface area contributed by atoms with Gasteiger partial charge in [0.2, 0.25) is 5.89 Å². The van der Waals surface area contributed by atoms with E-state index in [0.29, 0.717) is 28.2 Å². The number of phenolic OH excluding ortho intramolecular Hbond substituents is 1. The van der Waals surface area contributed by atoms with E-state index in [1.54, 1.807) is 18.3 Å². The number of aromatic hydroxyl groups is 1. The summed E-state index contributed by atoms with van der Waals surface area (Å²) in [5.74, 6) is 0.394. The molecule has 39 heavy (non-hydrogen) atoms. The second-order valence-corrected chi connectivity index (χ2v) is 11.9. The van der Waals surface area contributed by atoms with E-state index in [-0.39, 0.29) is 22.4 Å². The normalized spacial score (nSPS) is 12.5. The zero-order valence-electron chi connectivity index (χ0n) is 23.2. The average molecular weight is 521 g/mol. The highest BCUT2D eigenvalue weighted by Gasteiger charge is 2.24. The van der Waals surface area contributed by atoms with Crippen LogP contribution < -0.4 is 0 Å². The van der Waals surface area contributed by atoms with Gasteiger partial charge < -0.3 is 9.52 Å². The van der Waals surface area contributed by atoms with Crippen LogP contribution in [0.25, 0.3) is 33.7 Å². The predicted molar refractivity (Wildman–Crippen MR) is 158 cm³/mol. The van der Waals surface area contributed by atoms with E-state index in [2.05, 4.69) is 47.6 Å². The first-order valence-corrected chi connectivity index (χ1v) is 13.1. The molecule has 0 fully saturated rings. The first-order valence-electron chi connectivity index (χ1n) is 13.1. The molecule has 1 N–H and O–H groups in total. The number of halogens is 1. The van der Waals surface area contributed by atoms with Crippen molar-refractivity contribution >= 4 is 23.0 Å². The molecule has 0 bridgehead atoms. The summed E-state index contributed by atoms with van der Waals surface area (Å²) in [6.45, 7) is 12.8. The SMILES string of the molecule is CC(C)(C)c1cc(C=Nc2ccccc2-c2nc3c(-c4ccc(F)cc4)cccc3o2)c(O)c(C(C)(C)C)c1. The Balaban J connectivity index is 1.59. The Morgan fingerprint density at radius 1 is 0.821 bits per heavy atom. The standard InChI is InChI=1S/C34H33FN2O2/c1-33(2,3)23-18-22(31(38)27(19-23)34(4,5)6)20-36-28-12-8-7-10-26(28)32-37-30-25(11-9-13-29(30)39-32)21-14-16-24(35)17-15-21/h7-20,38H,1-6H3. The van der Waals surface area contributed by atoms with E-state index < -0.39 is 0 Å². The Bertz CT molecular complexity index is 1680. The van der Waals surface area contributed by atoms with Crippen molar-refractivity contribution < 1.29 is 13.9 Å². The maximum absolute atomic E-state index is 13.5. The molecule has 1 heterocycles. The fraction of sp³-hybridized carbons (Fsp3) is 0.235. The molecule has 0 aliphatic carbocycles. The fourth-order valence-electron chi connectivity index (χ4n) is 4.59. The van der Waals surface area contributed by atoms with Gasteiger partial charge in [0, 0.05) is 22.9 Å². The van der Waals surface area contributed by atoms with Crippen LogP contribution in [-0.4, -0.2) is 16.3 Å². The third-order valence-corrected chi connectivity index (χ3v) is 6.86. The number of phenols is 1. The van der Waals surface area contributed by atoms with Gasteiger partial charge in [0.1, 0.15) is 17.1 Å². The van der Waals surface area contributed by atoms with Gasteiger partial charge >= 0.3 is 0 Å². The molecule has 0 saturated heterocycles. The van der Waals surface area contributed by atoms with Crippen molar-refractivity contribution in [1.29, 1.82) is 0 Å². The average Bonchev–Trinajstić information content (AvgIpc) is 3.32. The molecule has 0 unspecified atom stereocenters. The number of fused-ring (bicyclic) bond motifs is 1. The van der Waals surface area contributed by atoms with E-state index in [9.17, 15) is 9.50 Å². The van der Waals surface area contributed by atoms with Crippen molar-refractivity contribution in [2.75, 3.05) is 0 Å². The first-order chi connectivity index (χ1) is 18.4. The first kappa shape index (κ1) is 26.4. The highest BCUT2D eigenvalue weighted by atomic mass is 19.1. The van der Waals surface area contributed by atoms with Gasteiger partial charge in [-0.25, -0.2) is 9.37 Å². The molecule has 5 rings (SSSR count). The highest BCUT2D eigenvalue weighted by molar-refractivity contribution is 5.93. The Kier molecular flexibility index (Phi) is 6.63. The van der Waals surface area contributed by atoms with Crippen LogP contribution in [-0.2, 0) is 10.8 Å². The van der Waals surface area contributed by atoms with Crippen molar-refractivity contribution in [2.45, 2.75) is 52.4 Å². The lowest BCUT2D eigenvalue weighted by Crippen LogP contribution is -2.17. The maximum Gasteiger partial charge on any atom is 0.229 e. The molecule has 0 atom stereocenters. The quantitative estimate of drug-likeness (QED) is 0.240. The van der Waals surface area contributed by atoms with E-state index >= 15 is 0 Å². The predicted octanol–water partition coefficient (Wildman–Crippen LogP) is 9.35. The summed E-state index contributed by atoms with van der Waals surface area (Å²) in [7, 11) is 0. The van der Waals surface area contributed by atoms with Crippen LogP contribution >= 0.6 is 0 Å². The lowest BCUT2D eigenvalue weighted by atomic mass is 9.79. The number of nitrogens with zero attached hydrogens (tertiary/aromatic N) is 2. The molecule has 0 aliphatic heterocycles. The maximum atomic E-state index is 13.5. The van der Waals surface area contributed by atoms with E-state index in [1.807, 2.05) is 48.5 Å². The van der Waals surface area contributed by atoms with E-state index in [1.165, 1.54) is 12.1 Å². The number of rotatable bonds is 4. The zero-order valence-corrected chi connectivity index (χ0v) is 23.2. The van der Waals surface area contributed by atoms with Gasteiger partial charge in [-0.05, 0) is 58.4 Å². The van der Waals surface area contributed by atoms with Crippen molar-refractivity contribution in [2.24, 2.45) is 4.99 Å². The Morgan fingerprint density at radius 2 is 1.51 bits per heavy atom. The fourth-order valence-corrected chi connectivity index (χ4v) is 4.59. The minimum absolute atomic E-state index is 0.0887. The van der Waals surface area contributed by atoms with Crippen molar-refractivity contribution in [3.63, 3.8) is 0 Å². The topological polar surface area (TPSA) is 58.6 Å². The van der Waals surface area contributed by atoms with Gasteiger partial charge in [-0.1, -0.05) is 84.0 Å². The summed E-state index contributed by atoms with van der Waals surface area (Å²) in [6.07, 6.45) is 1.71. The van der Waals surface area contributed by atoms with Crippen LogP contribution in [0.1, 0.15) is 58.2 Å². The number of oxazole rings is 1. The summed E-state index contributed by atoms with van der Waals surface area (Å²) in [5, 5.41) is 11.2. The lowest BCUT2D eigenvalue weighted by Gasteiger charge is -2.27. The van der Waals surface area contributed by atoms with Crippen LogP contribution in [0, 0.1) is 5.82 Å². The molecule has 1 aromatic heterocycles. The van der Waals surface area contributed by atoms with E-state index in [0.717, 1.165) is 27.8 Å². The van der Waals surface area contributed by atoms with Gasteiger partial charge in [0.15, 0.2) is 5.58 Å². The number of para-hydroxylation sites is 2. The molecule has 0 radical (unpaired) electrons. The van der Waals surface area contributed by atoms with Gasteiger partial charge in [0.05, 0.1) is 11.3 Å². The van der Waals surface area contributed by atoms with Crippen molar-refractivity contribution in [1.82, 2.24) is 4.98 Å². The van der Waals surface area contributed by atoms with Crippen molar-refractivity contribution in [3.8, 4) is 28.3 Å². The molecule has 5 aromatic rings. The van der Waals surface area contributed by atoms with E-state index in [4.69, 9.17) is 14.4 Å². The number of hydrogen-bond acceptors (Lipinski definition) is 4. The molecular weight excluding hydrogens is 487 g/mol. The summed E-state index contributed by atoms with van der Waals surface area (Å²) >= 11 is 0. The minimum Gasteiger partial charge on any atom is -0.507 e. The molecule has 0 aliphatic rings. The Morgan fingerprint density at radius 3 is 2.21 bits per heavy atom. The van der Waals surface area contributed by atoms with Gasteiger partial charge in [-0.3, -0.25) is 4.99 Å². The monoisotopic (exact) mass is 520 g/mol. The summed E-state index contributed by atoms with van der Waals surface area (Å²) in [4.78, 5) is 9.62. The van der Waals surface area contributed by atoms with Gasteiger partial charge in [-0.2, -0.15) is 0 Å². The highest BCUT2D eigenvalue weighted by Crippen LogP contribution is 2.38. The van der Waals surface area contributed by atoms with Gasteiger partial charge in [-0.15, -0.1) is 0 Å². The Hall–Kier alpha value is -4.25. The molecule has 5 heteroatoms. The second-order valence-electron chi connectivity index (χ2n) is 11.9. The molecule has 4 nitrogen and oxygen atoms in total. The Labute approximate surface area is 228 Å². The zero-order chi connectivity index (χ0) is 27.9. The summed E-state index contributed by atoms with van der Waals surface area (Å²) < 4.78 is 19.7. The van der Waals surface area contributed by atoms with Crippen LogP contribution in [0.3, 0.4) is 0 Å². The van der Waals surface area contributed by atoms with Gasteiger partial charge in [0.25, 0.3) is 0 Å². The summed E-state index contributed by atoms with van der Waals surface area (Å²) in [5.41, 5.74) is 6.82. The van der Waals surface area contributed by atoms with Crippen LogP contribution in [0.5, 0.6) is 5.75 Å². The number of hydrogen-bond donors (Lipinski definition) is 1. The lowest BCUT2D eigenvalue weighted by molar-refractivity contribution is 0.444. The molecule has 198 valence electrons. The third-order valence-electron chi connectivity index (χ3n) is 6.86. The molecule has 0 spiro atoms.